The van der Waals surface area contributed by atoms with E-state index in [2.05, 4.69) is 25.6 Å². The number of aryl methyl sites for hydroxylation is 1. The highest BCUT2D eigenvalue weighted by molar-refractivity contribution is 7.18. The number of pyridine rings is 1. The molecule has 1 aliphatic heterocycles. The average Bonchev–Trinajstić information content (AvgIpc) is 3.24. The van der Waals surface area contributed by atoms with E-state index >= 15 is 0 Å². The third-order valence-electron chi connectivity index (χ3n) is 6.26. The molecule has 1 amide bonds. The maximum atomic E-state index is 13.7. The number of nitrogens with one attached hydrogen (secondary N) is 2. The monoisotopic (exact) mass is 565 g/mol. The van der Waals surface area contributed by atoms with Gasteiger partial charge in [0.15, 0.2) is 21.6 Å². The van der Waals surface area contributed by atoms with Gasteiger partial charge in [0.2, 0.25) is 11.3 Å². The molecule has 0 atom stereocenters. The molecule has 1 aromatic carbocycles. The molecule has 0 saturated carbocycles. The summed E-state index contributed by atoms with van der Waals surface area (Å²) in [4.78, 5) is 43.0. The molecule has 4 heterocycles. The Labute approximate surface area is 223 Å². The molecule has 0 bridgehead atoms. The Morgan fingerprint density at radius 2 is 1.95 bits per heavy atom. The Morgan fingerprint density at radius 1 is 1.21 bits per heavy atom. The zero-order valence-electron chi connectivity index (χ0n) is 20.4. The van der Waals surface area contributed by atoms with Crippen molar-refractivity contribution in [1.82, 2.24) is 24.8 Å². The van der Waals surface area contributed by atoms with Crippen LogP contribution in [0.2, 0.25) is 5.02 Å². The number of halogens is 4. The van der Waals surface area contributed by atoms with Crippen LogP contribution in [0, 0.1) is 6.92 Å². The molecule has 9 nitrogen and oxygen atoms in total. The van der Waals surface area contributed by atoms with Gasteiger partial charge in [-0.1, -0.05) is 29.9 Å². The van der Waals surface area contributed by atoms with Crippen molar-refractivity contribution in [3.05, 3.63) is 49.7 Å². The Morgan fingerprint density at radius 3 is 2.61 bits per heavy atom. The second kappa shape index (κ2) is 10.1. The summed E-state index contributed by atoms with van der Waals surface area (Å²) in [7, 11) is 0. The van der Waals surface area contributed by atoms with E-state index in [0.717, 1.165) is 23.2 Å². The smallest absolute Gasteiger partial charge is 0.364 e. The number of hydrogen-bond donors (Lipinski definition) is 2. The summed E-state index contributed by atoms with van der Waals surface area (Å²) in [6, 6.07) is 2.73. The number of piperazine rings is 1. The SMILES string of the molecule is CCc1c(N2CCNCC2)c(=O)c2nc3nc(C)sc3nc2n1CC(=O)Nc1ccc(C(F)(F)F)cc1Cl. The van der Waals surface area contributed by atoms with Crippen LogP contribution in [0.1, 0.15) is 23.2 Å². The number of thiazole rings is 1. The molecule has 14 heteroatoms. The molecule has 5 rings (SSSR count). The lowest BCUT2D eigenvalue weighted by Gasteiger charge is -2.31. The van der Waals surface area contributed by atoms with Crippen molar-refractivity contribution in [2.24, 2.45) is 0 Å². The van der Waals surface area contributed by atoms with Crippen LogP contribution in [0.4, 0.5) is 24.5 Å². The largest absolute Gasteiger partial charge is 0.416 e. The molecule has 1 fully saturated rings. The predicted molar refractivity (Wildman–Crippen MR) is 141 cm³/mol. The van der Waals surface area contributed by atoms with Gasteiger partial charge in [-0.2, -0.15) is 13.2 Å². The van der Waals surface area contributed by atoms with Crippen molar-refractivity contribution in [2.75, 3.05) is 36.4 Å². The number of benzene rings is 1. The van der Waals surface area contributed by atoms with Crippen molar-refractivity contribution in [1.29, 1.82) is 0 Å². The summed E-state index contributed by atoms with van der Waals surface area (Å²) in [5.74, 6) is -0.542. The highest BCUT2D eigenvalue weighted by Gasteiger charge is 2.31. The molecule has 1 aliphatic rings. The zero-order valence-corrected chi connectivity index (χ0v) is 22.0. The summed E-state index contributed by atoms with van der Waals surface area (Å²) < 4.78 is 40.7. The van der Waals surface area contributed by atoms with Gasteiger partial charge in [-0.15, -0.1) is 0 Å². The van der Waals surface area contributed by atoms with E-state index in [-0.39, 0.29) is 33.8 Å². The molecule has 38 heavy (non-hydrogen) atoms. The minimum atomic E-state index is -4.56. The summed E-state index contributed by atoms with van der Waals surface area (Å²) in [5, 5.41) is 6.35. The third kappa shape index (κ3) is 4.93. The molecule has 0 radical (unpaired) electrons. The molecule has 0 aliphatic carbocycles. The molecule has 4 aromatic rings. The van der Waals surface area contributed by atoms with Crippen LogP contribution in [0.3, 0.4) is 0 Å². The van der Waals surface area contributed by atoms with Crippen molar-refractivity contribution in [3.8, 4) is 0 Å². The number of nitrogens with zero attached hydrogens (tertiary/aromatic N) is 5. The van der Waals surface area contributed by atoms with Gasteiger partial charge in [-0.05, 0) is 31.5 Å². The number of carbonyl (C=O) groups excluding carboxylic acids is 1. The standard InChI is InChI=1S/C24H23ClF3N7O2S/c1-3-16-19(34-8-6-29-7-9-34)20(37)18-22(33-23-21(32-18)30-12(2)38-23)35(16)11-17(36)31-15-5-4-13(10-14(15)25)24(26,27)28/h4-5,10,29H,3,6-9,11H2,1-2H3,(H,31,36). The van der Waals surface area contributed by atoms with Gasteiger partial charge in [-0.25, -0.2) is 15.0 Å². The van der Waals surface area contributed by atoms with Gasteiger partial charge in [0, 0.05) is 31.9 Å². The van der Waals surface area contributed by atoms with E-state index in [1.54, 1.807) is 4.57 Å². The highest BCUT2D eigenvalue weighted by Crippen LogP contribution is 2.34. The second-order valence-electron chi connectivity index (χ2n) is 8.80. The van der Waals surface area contributed by atoms with Crippen molar-refractivity contribution in [3.63, 3.8) is 0 Å². The van der Waals surface area contributed by atoms with Crippen LogP contribution in [0.15, 0.2) is 23.0 Å². The first kappa shape index (κ1) is 26.3. The van der Waals surface area contributed by atoms with Crippen molar-refractivity contribution >= 4 is 61.9 Å². The molecular formula is C24H23ClF3N7O2S. The Bertz CT molecular complexity index is 1610. The van der Waals surface area contributed by atoms with Crippen molar-refractivity contribution in [2.45, 2.75) is 33.0 Å². The van der Waals surface area contributed by atoms with Gasteiger partial charge >= 0.3 is 6.18 Å². The minimum absolute atomic E-state index is 0.0435. The topological polar surface area (TPSA) is 105 Å². The fourth-order valence-corrected chi connectivity index (χ4v) is 5.52. The summed E-state index contributed by atoms with van der Waals surface area (Å²) in [6.07, 6.45) is -4.13. The maximum Gasteiger partial charge on any atom is 0.416 e. The van der Waals surface area contributed by atoms with Crippen LogP contribution in [0.25, 0.3) is 21.6 Å². The van der Waals surface area contributed by atoms with Crippen LogP contribution in [-0.4, -0.2) is 51.6 Å². The average molecular weight is 566 g/mol. The summed E-state index contributed by atoms with van der Waals surface area (Å²) in [5.41, 5.74) is 0.642. The zero-order chi connectivity index (χ0) is 27.2. The number of aromatic nitrogens is 4. The van der Waals surface area contributed by atoms with E-state index in [0.29, 0.717) is 54.5 Å². The first-order valence-electron chi connectivity index (χ1n) is 11.9. The Hall–Kier alpha value is -3.29. The number of anilines is 2. The number of hydrogen-bond acceptors (Lipinski definition) is 8. The summed E-state index contributed by atoms with van der Waals surface area (Å²) >= 11 is 7.37. The van der Waals surface area contributed by atoms with Crippen LogP contribution in [0.5, 0.6) is 0 Å². The van der Waals surface area contributed by atoms with E-state index < -0.39 is 17.6 Å². The number of amides is 1. The molecule has 0 unspecified atom stereocenters. The molecule has 3 aromatic heterocycles. The third-order valence-corrected chi connectivity index (χ3v) is 7.43. The van der Waals surface area contributed by atoms with Gasteiger partial charge in [0.25, 0.3) is 0 Å². The first-order chi connectivity index (χ1) is 18.1. The van der Waals surface area contributed by atoms with Crippen LogP contribution < -0.4 is 21.0 Å². The number of alkyl halides is 3. The van der Waals surface area contributed by atoms with E-state index in [9.17, 15) is 22.8 Å². The first-order valence-corrected chi connectivity index (χ1v) is 13.1. The molecule has 1 saturated heterocycles. The number of rotatable bonds is 5. The molecule has 2 N–H and O–H groups in total. The molecule has 0 spiro atoms. The van der Waals surface area contributed by atoms with Gasteiger partial charge in [0.05, 0.1) is 21.3 Å². The van der Waals surface area contributed by atoms with E-state index in [4.69, 9.17) is 11.6 Å². The quantitative estimate of drug-likeness (QED) is 0.377. The maximum absolute atomic E-state index is 13.7. The van der Waals surface area contributed by atoms with E-state index in [1.165, 1.54) is 11.3 Å². The molecule has 200 valence electrons. The number of fused-ring (bicyclic) bond motifs is 2. The van der Waals surface area contributed by atoms with E-state index in [1.807, 2.05) is 18.7 Å². The Kier molecular flexibility index (Phi) is 7.01. The fourth-order valence-electron chi connectivity index (χ4n) is 4.56. The lowest BCUT2D eigenvalue weighted by Crippen LogP contribution is -2.46. The lowest BCUT2D eigenvalue weighted by atomic mass is 10.1. The lowest BCUT2D eigenvalue weighted by molar-refractivity contribution is -0.137. The van der Waals surface area contributed by atoms with Crippen LogP contribution >= 0.6 is 22.9 Å². The summed E-state index contributed by atoms with van der Waals surface area (Å²) in [6.45, 7) is 6.05. The van der Waals surface area contributed by atoms with Gasteiger partial charge < -0.3 is 20.1 Å². The van der Waals surface area contributed by atoms with Gasteiger partial charge in [0.1, 0.15) is 12.2 Å². The Balaban J connectivity index is 1.61. The normalized spacial score (nSPS) is 14.4. The highest BCUT2D eigenvalue weighted by atomic mass is 35.5. The van der Waals surface area contributed by atoms with Crippen LogP contribution in [-0.2, 0) is 23.9 Å². The molecular weight excluding hydrogens is 543 g/mol. The minimum Gasteiger partial charge on any atom is -0.364 e. The second-order valence-corrected chi connectivity index (χ2v) is 10.4. The number of carbonyl (C=O) groups is 1. The van der Waals surface area contributed by atoms with Gasteiger partial charge in [-0.3, -0.25) is 9.59 Å². The van der Waals surface area contributed by atoms with Crippen molar-refractivity contribution < 1.29 is 18.0 Å². The fraction of sp³-hybridized carbons (Fsp3) is 0.375. The predicted octanol–water partition coefficient (Wildman–Crippen LogP) is 3.99.